The Morgan fingerprint density at radius 2 is 1.81 bits per heavy atom. The van der Waals surface area contributed by atoms with Crippen molar-refractivity contribution in [2.24, 2.45) is 11.7 Å². The van der Waals surface area contributed by atoms with Crippen molar-refractivity contribution in [3.8, 4) is 0 Å². The second-order valence-corrected chi connectivity index (χ2v) is 6.23. The lowest BCUT2D eigenvalue weighted by atomic mass is 9.91. The molecule has 0 aliphatic heterocycles. The standard InChI is InChI=1S/C12H16Br2N2/c13-8-5-9(12(16)10(14)6-8)11(15)7-3-1-2-4-7/h5-7,11H,1-4,15-16H2/t11-/m0/s1. The molecule has 88 valence electrons. The maximum atomic E-state index is 6.32. The molecule has 0 unspecified atom stereocenters. The minimum absolute atomic E-state index is 0.0660. The average molecular weight is 348 g/mol. The number of halogens is 2. The molecule has 1 fully saturated rings. The molecule has 16 heavy (non-hydrogen) atoms. The Labute approximate surface area is 113 Å². The molecule has 0 radical (unpaired) electrons. The molecule has 4 N–H and O–H groups in total. The zero-order valence-electron chi connectivity index (χ0n) is 9.05. The second kappa shape index (κ2) is 5.07. The van der Waals surface area contributed by atoms with Gasteiger partial charge in [0.25, 0.3) is 0 Å². The first kappa shape index (κ1) is 12.4. The lowest BCUT2D eigenvalue weighted by Crippen LogP contribution is -2.20. The van der Waals surface area contributed by atoms with E-state index in [1.807, 2.05) is 12.1 Å². The number of rotatable bonds is 2. The van der Waals surface area contributed by atoms with Gasteiger partial charge in [-0.3, -0.25) is 0 Å². The summed E-state index contributed by atoms with van der Waals surface area (Å²) in [7, 11) is 0. The van der Waals surface area contributed by atoms with E-state index in [-0.39, 0.29) is 6.04 Å². The molecular formula is C12H16Br2N2. The molecule has 1 atom stereocenters. The fourth-order valence-electron chi connectivity index (χ4n) is 2.45. The van der Waals surface area contributed by atoms with Crippen LogP contribution in [0.1, 0.15) is 37.3 Å². The average Bonchev–Trinajstić information content (AvgIpc) is 2.75. The van der Waals surface area contributed by atoms with Gasteiger partial charge in [0, 0.05) is 15.0 Å². The minimum Gasteiger partial charge on any atom is -0.398 e. The summed E-state index contributed by atoms with van der Waals surface area (Å²) >= 11 is 6.95. The third kappa shape index (κ3) is 2.44. The predicted octanol–water partition coefficient (Wildman–Crippen LogP) is 3.98. The number of hydrogen-bond donors (Lipinski definition) is 2. The highest BCUT2D eigenvalue weighted by Crippen LogP contribution is 2.39. The van der Waals surface area contributed by atoms with Crippen molar-refractivity contribution in [1.29, 1.82) is 0 Å². The monoisotopic (exact) mass is 346 g/mol. The van der Waals surface area contributed by atoms with E-state index in [9.17, 15) is 0 Å². The number of hydrogen-bond acceptors (Lipinski definition) is 2. The van der Waals surface area contributed by atoms with E-state index in [1.165, 1.54) is 25.7 Å². The van der Waals surface area contributed by atoms with Crippen molar-refractivity contribution in [3.05, 3.63) is 26.6 Å². The van der Waals surface area contributed by atoms with Gasteiger partial charge in [-0.05, 0) is 52.4 Å². The highest BCUT2D eigenvalue weighted by Gasteiger charge is 2.25. The molecule has 2 nitrogen and oxygen atoms in total. The van der Waals surface area contributed by atoms with E-state index in [0.29, 0.717) is 5.92 Å². The van der Waals surface area contributed by atoms with Crippen LogP contribution in [0.3, 0.4) is 0 Å². The van der Waals surface area contributed by atoms with Gasteiger partial charge in [-0.25, -0.2) is 0 Å². The minimum atomic E-state index is 0.0660. The largest absolute Gasteiger partial charge is 0.398 e. The predicted molar refractivity (Wildman–Crippen MR) is 75.1 cm³/mol. The Balaban J connectivity index is 2.31. The Morgan fingerprint density at radius 1 is 1.19 bits per heavy atom. The summed E-state index contributed by atoms with van der Waals surface area (Å²) in [6.45, 7) is 0. The first-order valence-corrected chi connectivity index (χ1v) is 7.18. The maximum Gasteiger partial charge on any atom is 0.0507 e. The van der Waals surface area contributed by atoms with Gasteiger partial charge in [0.1, 0.15) is 0 Å². The quantitative estimate of drug-likeness (QED) is 0.795. The Bertz CT molecular complexity index is 387. The highest BCUT2D eigenvalue weighted by atomic mass is 79.9. The molecule has 2 rings (SSSR count). The van der Waals surface area contributed by atoms with Crippen LogP contribution in [0, 0.1) is 5.92 Å². The number of nitrogen functional groups attached to an aromatic ring is 1. The summed E-state index contributed by atoms with van der Waals surface area (Å²) in [6.07, 6.45) is 5.05. The normalized spacial score (nSPS) is 18.9. The van der Waals surface area contributed by atoms with Crippen molar-refractivity contribution in [2.45, 2.75) is 31.7 Å². The molecule has 0 aromatic heterocycles. The fourth-order valence-corrected chi connectivity index (χ4v) is 3.71. The molecule has 1 saturated carbocycles. The van der Waals surface area contributed by atoms with Crippen LogP contribution in [0.25, 0.3) is 0 Å². The van der Waals surface area contributed by atoms with Crippen LogP contribution in [-0.2, 0) is 0 Å². The number of benzene rings is 1. The smallest absolute Gasteiger partial charge is 0.0507 e. The van der Waals surface area contributed by atoms with Gasteiger partial charge in [-0.15, -0.1) is 0 Å². The van der Waals surface area contributed by atoms with Crippen molar-refractivity contribution >= 4 is 37.5 Å². The van der Waals surface area contributed by atoms with E-state index in [4.69, 9.17) is 11.5 Å². The summed E-state index contributed by atoms with van der Waals surface area (Å²) in [4.78, 5) is 0. The lowest BCUT2D eigenvalue weighted by molar-refractivity contribution is 0.445. The van der Waals surface area contributed by atoms with Gasteiger partial charge in [-0.2, -0.15) is 0 Å². The van der Waals surface area contributed by atoms with Crippen LogP contribution in [0.5, 0.6) is 0 Å². The molecule has 0 bridgehead atoms. The molecule has 0 heterocycles. The van der Waals surface area contributed by atoms with Gasteiger partial charge >= 0.3 is 0 Å². The Hall–Kier alpha value is -0.0600. The van der Waals surface area contributed by atoms with Gasteiger partial charge in [0.05, 0.1) is 5.69 Å². The zero-order valence-corrected chi connectivity index (χ0v) is 12.2. The van der Waals surface area contributed by atoms with Crippen molar-refractivity contribution in [3.63, 3.8) is 0 Å². The summed E-state index contributed by atoms with van der Waals surface area (Å²) < 4.78 is 1.95. The first-order valence-electron chi connectivity index (χ1n) is 5.59. The molecule has 4 heteroatoms. The molecule has 1 aromatic rings. The number of anilines is 1. The molecule has 1 aliphatic rings. The highest BCUT2D eigenvalue weighted by molar-refractivity contribution is 9.11. The van der Waals surface area contributed by atoms with Crippen LogP contribution >= 0.6 is 31.9 Å². The summed E-state index contributed by atoms with van der Waals surface area (Å²) in [5, 5.41) is 0. The summed E-state index contributed by atoms with van der Waals surface area (Å²) in [5.74, 6) is 0.587. The van der Waals surface area contributed by atoms with E-state index >= 15 is 0 Å². The molecule has 1 aromatic carbocycles. The van der Waals surface area contributed by atoms with Crippen LogP contribution in [0.15, 0.2) is 21.1 Å². The summed E-state index contributed by atoms with van der Waals surface area (Å²) in [6, 6.07) is 4.07. The third-order valence-corrected chi connectivity index (χ3v) is 4.51. The fraction of sp³-hybridized carbons (Fsp3) is 0.500. The van der Waals surface area contributed by atoms with Crippen molar-refractivity contribution in [1.82, 2.24) is 0 Å². The maximum absolute atomic E-state index is 6.32. The van der Waals surface area contributed by atoms with Gasteiger partial charge in [0.2, 0.25) is 0 Å². The second-order valence-electron chi connectivity index (χ2n) is 4.46. The van der Waals surface area contributed by atoms with E-state index in [0.717, 1.165) is 20.2 Å². The molecule has 0 amide bonds. The summed E-state index contributed by atoms with van der Waals surface area (Å²) in [5.41, 5.74) is 14.2. The lowest BCUT2D eigenvalue weighted by Gasteiger charge is -2.21. The Morgan fingerprint density at radius 3 is 2.44 bits per heavy atom. The van der Waals surface area contributed by atoms with Gasteiger partial charge in [0.15, 0.2) is 0 Å². The van der Waals surface area contributed by atoms with Crippen LogP contribution in [0.4, 0.5) is 5.69 Å². The first-order chi connectivity index (χ1) is 7.59. The van der Waals surface area contributed by atoms with Gasteiger partial charge in [-0.1, -0.05) is 28.8 Å². The molecule has 0 saturated heterocycles. The SMILES string of the molecule is Nc1c(Br)cc(Br)cc1[C@@H](N)C1CCCC1. The van der Waals surface area contributed by atoms with Crippen molar-refractivity contribution in [2.75, 3.05) is 5.73 Å². The van der Waals surface area contributed by atoms with Crippen LogP contribution in [-0.4, -0.2) is 0 Å². The van der Waals surface area contributed by atoms with Crippen LogP contribution < -0.4 is 11.5 Å². The van der Waals surface area contributed by atoms with Gasteiger partial charge < -0.3 is 11.5 Å². The Kier molecular flexibility index (Phi) is 3.93. The molecule has 0 spiro atoms. The molecule has 1 aliphatic carbocycles. The number of nitrogens with two attached hydrogens (primary N) is 2. The van der Waals surface area contributed by atoms with E-state index in [2.05, 4.69) is 31.9 Å². The van der Waals surface area contributed by atoms with Crippen LogP contribution in [0.2, 0.25) is 0 Å². The zero-order chi connectivity index (χ0) is 11.7. The van der Waals surface area contributed by atoms with E-state index < -0.39 is 0 Å². The van der Waals surface area contributed by atoms with Crippen molar-refractivity contribution < 1.29 is 0 Å². The third-order valence-electron chi connectivity index (χ3n) is 3.39. The molecular weight excluding hydrogens is 332 g/mol. The topological polar surface area (TPSA) is 52.0 Å². The van der Waals surface area contributed by atoms with E-state index in [1.54, 1.807) is 0 Å².